The summed E-state index contributed by atoms with van der Waals surface area (Å²) in [6.45, 7) is 6.33. The van der Waals surface area contributed by atoms with E-state index in [0.29, 0.717) is 17.0 Å². The average molecular weight is 412 g/mol. The minimum absolute atomic E-state index is 0.000980. The lowest BCUT2D eigenvalue weighted by Crippen LogP contribution is -2.31. The molecule has 0 fully saturated rings. The number of aromatic amines is 1. The van der Waals surface area contributed by atoms with Gasteiger partial charge in [0.05, 0.1) is 0 Å². The van der Waals surface area contributed by atoms with Crippen molar-refractivity contribution < 1.29 is 4.79 Å². The predicted molar refractivity (Wildman–Crippen MR) is 120 cm³/mol. The van der Waals surface area contributed by atoms with Gasteiger partial charge in [0.1, 0.15) is 11.5 Å². The molecule has 1 aliphatic heterocycles. The van der Waals surface area contributed by atoms with E-state index in [1.807, 2.05) is 18.4 Å². The Morgan fingerprint density at radius 1 is 1.24 bits per heavy atom. The second-order valence-corrected chi connectivity index (χ2v) is 8.67. The second-order valence-electron chi connectivity index (χ2n) is 7.76. The number of aromatic nitrogens is 1. The van der Waals surface area contributed by atoms with Crippen LogP contribution < -0.4 is 21.9 Å². The summed E-state index contributed by atoms with van der Waals surface area (Å²) in [5.74, 6) is 0.0515. The summed E-state index contributed by atoms with van der Waals surface area (Å²) < 4.78 is 0. The van der Waals surface area contributed by atoms with Crippen LogP contribution in [0, 0.1) is 0 Å². The molecule has 7 nitrogen and oxygen atoms in total. The maximum absolute atomic E-state index is 12.6. The molecule has 1 aliphatic rings. The highest BCUT2D eigenvalue weighted by Gasteiger charge is 2.17. The van der Waals surface area contributed by atoms with E-state index in [9.17, 15) is 9.59 Å². The lowest BCUT2D eigenvalue weighted by Gasteiger charge is -2.21. The molecule has 8 heteroatoms. The number of benzene rings is 1. The van der Waals surface area contributed by atoms with Crippen molar-refractivity contribution in [3.63, 3.8) is 0 Å². The van der Waals surface area contributed by atoms with Gasteiger partial charge in [0, 0.05) is 29.1 Å². The zero-order chi connectivity index (χ0) is 21.2. The maximum atomic E-state index is 12.6. The standard InChI is InChI=1S/C21H25N5O2S/c1-21(2,3)14-7-5-12(6-8-14)18(27)24-16-9-13(11-23-19(16)28)15-10-17(22)26-20(25-15)29-4/h5-11,20,25H,1-4H3,(H2,22,26)(H,23,28)(H,24,27). The molecule has 1 unspecified atom stereocenters. The third kappa shape index (κ3) is 4.89. The Morgan fingerprint density at radius 3 is 2.55 bits per heavy atom. The quantitative estimate of drug-likeness (QED) is 0.618. The lowest BCUT2D eigenvalue weighted by atomic mass is 9.87. The van der Waals surface area contributed by atoms with E-state index in [1.165, 1.54) is 11.8 Å². The van der Waals surface area contributed by atoms with Crippen molar-refractivity contribution in [3.05, 3.63) is 69.6 Å². The molecule has 3 rings (SSSR count). The first-order valence-corrected chi connectivity index (χ1v) is 10.5. The number of rotatable bonds is 4. The molecular formula is C21H25N5O2S. The molecule has 5 N–H and O–H groups in total. The normalized spacial score (nSPS) is 16.5. The molecule has 0 bridgehead atoms. The highest BCUT2D eigenvalue weighted by Crippen LogP contribution is 2.23. The van der Waals surface area contributed by atoms with Gasteiger partial charge in [-0.1, -0.05) is 32.9 Å². The van der Waals surface area contributed by atoms with E-state index < -0.39 is 0 Å². The maximum Gasteiger partial charge on any atom is 0.271 e. The van der Waals surface area contributed by atoms with Crippen molar-refractivity contribution in [2.45, 2.75) is 31.7 Å². The summed E-state index contributed by atoms with van der Waals surface area (Å²) in [5.41, 5.74) is 8.48. The van der Waals surface area contributed by atoms with Crippen molar-refractivity contribution in [2.24, 2.45) is 10.7 Å². The van der Waals surface area contributed by atoms with Crippen molar-refractivity contribution in [1.82, 2.24) is 10.3 Å². The number of thioether (sulfide) groups is 1. The molecule has 0 saturated carbocycles. The van der Waals surface area contributed by atoms with E-state index in [2.05, 4.69) is 41.4 Å². The van der Waals surface area contributed by atoms with E-state index in [-0.39, 0.29) is 28.1 Å². The number of amidine groups is 1. The fourth-order valence-corrected chi connectivity index (χ4v) is 3.33. The highest BCUT2D eigenvalue weighted by atomic mass is 32.2. The number of hydrogen-bond acceptors (Lipinski definition) is 6. The number of nitrogens with one attached hydrogen (secondary N) is 3. The van der Waals surface area contributed by atoms with Gasteiger partial charge in [-0.05, 0) is 35.4 Å². The molecule has 2 heterocycles. The number of pyridine rings is 1. The number of carbonyl (C=O) groups is 1. The van der Waals surface area contributed by atoms with Gasteiger partial charge in [0.25, 0.3) is 11.5 Å². The van der Waals surface area contributed by atoms with E-state index >= 15 is 0 Å². The first kappa shape index (κ1) is 20.7. The molecule has 0 aliphatic carbocycles. The Hall–Kier alpha value is -3.00. The van der Waals surface area contributed by atoms with Crippen LogP contribution in [0.15, 0.2) is 52.4 Å². The number of anilines is 1. The van der Waals surface area contributed by atoms with Gasteiger partial charge >= 0.3 is 0 Å². The summed E-state index contributed by atoms with van der Waals surface area (Å²) in [5, 5.41) is 5.92. The SMILES string of the molecule is CSC1N=C(N)C=C(c2c[nH]c(=O)c(NC(=O)c3ccc(C(C)(C)C)cc3)c2)N1. The first-order chi connectivity index (χ1) is 13.7. The van der Waals surface area contributed by atoms with Crippen LogP contribution in [0.5, 0.6) is 0 Å². The number of carbonyl (C=O) groups excluding carboxylic acids is 1. The van der Waals surface area contributed by atoms with Crippen molar-refractivity contribution in [3.8, 4) is 0 Å². The summed E-state index contributed by atoms with van der Waals surface area (Å²) >= 11 is 1.50. The average Bonchev–Trinajstić information content (AvgIpc) is 2.68. The van der Waals surface area contributed by atoms with Gasteiger partial charge in [-0.3, -0.25) is 9.59 Å². The van der Waals surface area contributed by atoms with E-state index in [1.54, 1.807) is 30.5 Å². The molecular weight excluding hydrogens is 386 g/mol. The third-order valence-corrected chi connectivity index (χ3v) is 5.21. The molecule has 0 radical (unpaired) electrons. The summed E-state index contributed by atoms with van der Waals surface area (Å²) in [6.07, 6.45) is 5.18. The highest BCUT2D eigenvalue weighted by molar-refractivity contribution is 7.99. The van der Waals surface area contributed by atoms with Gasteiger partial charge in [-0.15, -0.1) is 11.8 Å². The smallest absolute Gasteiger partial charge is 0.271 e. The molecule has 0 spiro atoms. The van der Waals surface area contributed by atoms with Crippen molar-refractivity contribution >= 4 is 34.9 Å². The summed E-state index contributed by atoms with van der Waals surface area (Å²) in [7, 11) is 0. The minimum atomic E-state index is -0.382. The number of nitrogens with two attached hydrogens (primary N) is 1. The first-order valence-electron chi connectivity index (χ1n) is 9.16. The second kappa shape index (κ2) is 8.16. The summed E-state index contributed by atoms with van der Waals surface area (Å²) in [4.78, 5) is 31.8. The van der Waals surface area contributed by atoms with Gasteiger partial charge in [-0.2, -0.15) is 0 Å². The number of nitrogens with zero attached hydrogens (tertiary/aromatic N) is 1. The predicted octanol–water partition coefficient (Wildman–Crippen LogP) is 2.87. The molecule has 1 amide bonds. The molecule has 2 aromatic rings. The fraction of sp³-hybridized carbons (Fsp3) is 0.286. The molecule has 1 aromatic carbocycles. The lowest BCUT2D eigenvalue weighted by molar-refractivity contribution is 0.102. The zero-order valence-corrected chi connectivity index (χ0v) is 17.7. The molecule has 152 valence electrons. The van der Waals surface area contributed by atoms with Gasteiger partial charge in [0.2, 0.25) is 0 Å². The number of hydrogen-bond donors (Lipinski definition) is 4. The van der Waals surface area contributed by atoms with Gasteiger partial charge in [0.15, 0.2) is 5.50 Å². The Bertz CT molecular complexity index is 1030. The van der Waals surface area contributed by atoms with Crippen LogP contribution >= 0.6 is 11.8 Å². The van der Waals surface area contributed by atoms with E-state index in [4.69, 9.17) is 5.73 Å². The van der Waals surface area contributed by atoms with Crippen LogP contribution in [0.4, 0.5) is 5.69 Å². The van der Waals surface area contributed by atoms with Crippen molar-refractivity contribution in [2.75, 3.05) is 11.6 Å². The number of aliphatic imine (C=N–C) groups is 1. The molecule has 0 saturated heterocycles. The summed E-state index contributed by atoms with van der Waals surface area (Å²) in [6, 6.07) is 9.00. The topological polar surface area (TPSA) is 112 Å². The van der Waals surface area contributed by atoms with Crippen molar-refractivity contribution in [1.29, 1.82) is 0 Å². The molecule has 1 aromatic heterocycles. The van der Waals surface area contributed by atoms with E-state index in [0.717, 1.165) is 11.3 Å². The Balaban J connectivity index is 1.83. The zero-order valence-electron chi connectivity index (χ0n) is 16.9. The Labute approximate surface area is 173 Å². The Kier molecular flexibility index (Phi) is 5.83. The third-order valence-electron chi connectivity index (χ3n) is 4.54. The van der Waals surface area contributed by atoms with Gasteiger partial charge < -0.3 is 21.4 Å². The largest absolute Gasteiger partial charge is 0.384 e. The molecule has 1 atom stereocenters. The van der Waals surface area contributed by atoms with Crippen LogP contribution in [0.2, 0.25) is 0 Å². The fourth-order valence-electron chi connectivity index (χ4n) is 2.85. The number of amides is 1. The monoisotopic (exact) mass is 411 g/mol. The molecule has 29 heavy (non-hydrogen) atoms. The van der Waals surface area contributed by atoms with Crippen LogP contribution in [0.3, 0.4) is 0 Å². The van der Waals surface area contributed by atoms with Crippen LogP contribution in [0.1, 0.15) is 42.3 Å². The number of H-pyrrole nitrogens is 1. The van der Waals surface area contributed by atoms with Crippen LogP contribution in [0.25, 0.3) is 5.70 Å². The Morgan fingerprint density at radius 2 is 1.93 bits per heavy atom. The van der Waals surface area contributed by atoms with Crippen LogP contribution in [-0.2, 0) is 5.41 Å². The minimum Gasteiger partial charge on any atom is -0.384 e. The van der Waals surface area contributed by atoms with Gasteiger partial charge in [-0.25, -0.2) is 4.99 Å². The van der Waals surface area contributed by atoms with Crippen LogP contribution in [-0.4, -0.2) is 28.5 Å².